The van der Waals surface area contributed by atoms with Gasteiger partial charge in [0.15, 0.2) is 0 Å². The van der Waals surface area contributed by atoms with Crippen LogP contribution in [0, 0.1) is 0 Å². The number of halogens is 1. The third-order valence-electron chi connectivity index (χ3n) is 3.22. The van der Waals surface area contributed by atoms with Gasteiger partial charge in [0.1, 0.15) is 4.90 Å². The summed E-state index contributed by atoms with van der Waals surface area (Å²) in [6.45, 7) is 3.94. The largest absolute Gasteiger partial charge is 0.367 e. The van der Waals surface area contributed by atoms with E-state index in [-0.39, 0.29) is 5.54 Å². The van der Waals surface area contributed by atoms with Crippen molar-refractivity contribution in [2.24, 2.45) is 0 Å². The molecule has 0 bridgehead atoms. The minimum Gasteiger partial charge on any atom is -0.367 e. The first-order valence-corrected chi connectivity index (χ1v) is 7.93. The summed E-state index contributed by atoms with van der Waals surface area (Å²) in [5.41, 5.74) is 0.321. The quantitative estimate of drug-likeness (QED) is 0.784. The number of nitrogens with zero attached hydrogens (tertiary/aromatic N) is 2. The van der Waals surface area contributed by atoms with Crippen LogP contribution in [0.2, 0.25) is 0 Å². The number of benzene rings is 1. The van der Waals surface area contributed by atoms with Crippen molar-refractivity contribution in [3.63, 3.8) is 0 Å². The van der Waals surface area contributed by atoms with Gasteiger partial charge in [0.05, 0.1) is 5.69 Å². The molecule has 0 saturated carbocycles. The Hall–Kier alpha value is -0.780. The Balaban J connectivity index is 3.40. The Morgan fingerprint density at radius 1 is 1.16 bits per heavy atom. The Bertz CT molecular complexity index is 541. The Morgan fingerprint density at radius 2 is 1.68 bits per heavy atom. The molecule has 6 heteroatoms. The van der Waals surface area contributed by atoms with Gasteiger partial charge in [-0.3, -0.25) is 0 Å². The van der Waals surface area contributed by atoms with Crippen LogP contribution in [0.15, 0.2) is 29.2 Å². The van der Waals surface area contributed by atoms with E-state index in [1.165, 1.54) is 18.4 Å². The highest BCUT2D eigenvalue weighted by atomic mass is 35.5. The highest BCUT2D eigenvalue weighted by Crippen LogP contribution is 2.30. The van der Waals surface area contributed by atoms with Crippen molar-refractivity contribution in [2.75, 3.05) is 31.9 Å². The molecule has 108 valence electrons. The van der Waals surface area contributed by atoms with Crippen LogP contribution in [0.4, 0.5) is 5.69 Å². The maximum atomic E-state index is 12.3. The van der Waals surface area contributed by atoms with E-state index in [9.17, 15) is 8.42 Å². The third kappa shape index (κ3) is 3.22. The summed E-state index contributed by atoms with van der Waals surface area (Å²) in [6, 6.07) is 6.96. The van der Waals surface area contributed by atoms with Crippen LogP contribution in [-0.4, -0.2) is 45.3 Å². The number of hydrogen-bond donors (Lipinski definition) is 0. The van der Waals surface area contributed by atoms with E-state index in [0.29, 0.717) is 16.5 Å². The molecule has 0 aromatic heterocycles. The van der Waals surface area contributed by atoms with Gasteiger partial charge in [0, 0.05) is 32.6 Å². The average Bonchev–Trinajstić information content (AvgIpc) is 2.37. The number of para-hydroxylation sites is 1. The molecule has 1 rings (SSSR count). The molecule has 0 saturated heterocycles. The zero-order valence-corrected chi connectivity index (χ0v) is 13.6. The molecule has 0 fully saturated rings. The van der Waals surface area contributed by atoms with Gasteiger partial charge in [-0.1, -0.05) is 12.1 Å². The number of hydrogen-bond acceptors (Lipinski definition) is 3. The van der Waals surface area contributed by atoms with Gasteiger partial charge in [-0.2, -0.15) is 0 Å². The molecule has 0 amide bonds. The summed E-state index contributed by atoms with van der Waals surface area (Å²) >= 11 is 5.97. The lowest BCUT2D eigenvalue weighted by atomic mass is 10.1. The van der Waals surface area contributed by atoms with Crippen molar-refractivity contribution in [3.05, 3.63) is 24.3 Å². The van der Waals surface area contributed by atoms with E-state index in [1.54, 1.807) is 18.2 Å². The molecule has 0 unspecified atom stereocenters. The van der Waals surface area contributed by atoms with Crippen LogP contribution < -0.4 is 4.90 Å². The third-order valence-corrected chi connectivity index (χ3v) is 5.74. The minimum absolute atomic E-state index is 0.292. The first-order valence-electron chi connectivity index (χ1n) is 5.96. The van der Waals surface area contributed by atoms with Crippen molar-refractivity contribution in [3.8, 4) is 0 Å². The second-order valence-electron chi connectivity index (χ2n) is 5.26. The van der Waals surface area contributed by atoms with Gasteiger partial charge in [0.25, 0.3) is 0 Å². The summed E-state index contributed by atoms with van der Waals surface area (Å²) in [6.07, 6.45) is 0. The minimum atomic E-state index is -3.47. The fourth-order valence-corrected chi connectivity index (χ4v) is 2.86. The monoisotopic (exact) mass is 304 g/mol. The van der Waals surface area contributed by atoms with Crippen molar-refractivity contribution in [2.45, 2.75) is 24.3 Å². The molecule has 19 heavy (non-hydrogen) atoms. The summed E-state index contributed by atoms with van der Waals surface area (Å²) in [5.74, 6) is 0.403. The summed E-state index contributed by atoms with van der Waals surface area (Å²) in [5, 5.41) is 0. The predicted molar refractivity (Wildman–Crippen MR) is 80.5 cm³/mol. The molecule has 0 aliphatic rings. The van der Waals surface area contributed by atoms with Crippen LogP contribution >= 0.6 is 11.6 Å². The molecule has 0 aliphatic heterocycles. The lowest BCUT2D eigenvalue weighted by molar-refractivity contribution is 0.515. The highest BCUT2D eigenvalue weighted by Gasteiger charge is 2.28. The molecule has 0 heterocycles. The molecule has 0 aliphatic carbocycles. The second kappa shape index (κ2) is 5.69. The fourth-order valence-electron chi connectivity index (χ4n) is 1.56. The lowest BCUT2D eigenvalue weighted by Crippen LogP contribution is -2.43. The Kier molecular flexibility index (Phi) is 4.87. The smallest absolute Gasteiger partial charge is 0.244 e. The fraction of sp³-hybridized carbons (Fsp3) is 0.538. The first-order chi connectivity index (χ1) is 8.64. The SMILES string of the molecule is CN(c1ccccc1S(=O)(=O)N(C)C)C(C)(C)CCl. The molecular formula is C13H21ClN2O2S. The maximum Gasteiger partial charge on any atom is 0.244 e. The molecule has 0 atom stereocenters. The van der Waals surface area contributed by atoms with Gasteiger partial charge in [0.2, 0.25) is 10.0 Å². The van der Waals surface area contributed by atoms with Crippen LogP contribution in [0.3, 0.4) is 0 Å². The van der Waals surface area contributed by atoms with Crippen LogP contribution in [0.1, 0.15) is 13.8 Å². The normalized spacial score (nSPS) is 12.8. The van der Waals surface area contributed by atoms with E-state index in [2.05, 4.69) is 0 Å². The lowest BCUT2D eigenvalue weighted by Gasteiger charge is -2.37. The molecule has 1 aromatic carbocycles. The average molecular weight is 305 g/mol. The number of rotatable bonds is 5. The van der Waals surface area contributed by atoms with Gasteiger partial charge in [-0.05, 0) is 26.0 Å². The van der Waals surface area contributed by atoms with Gasteiger partial charge in [-0.15, -0.1) is 11.6 Å². The van der Waals surface area contributed by atoms with E-state index in [1.807, 2.05) is 31.9 Å². The van der Waals surface area contributed by atoms with Crippen molar-refractivity contribution in [1.29, 1.82) is 0 Å². The predicted octanol–water partition coefficient (Wildman–Crippen LogP) is 2.39. The van der Waals surface area contributed by atoms with Crippen LogP contribution in [-0.2, 0) is 10.0 Å². The Labute approximate surface area is 121 Å². The highest BCUT2D eigenvalue weighted by molar-refractivity contribution is 7.89. The van der Waals surface area contributed by atoms with Gasteiger partial charge in [-0.25, -0.2) is 12.7 Å². The van der Waals surface area contributed by atoms with Gasteiger partial charge < -0.3 is 4.90 Å². The standard InChI is InChI=1S/C13H21ClN2O2S/c1-13(2,10-14)16(5)11-8-6-7-9-12(11)19(17,18)15(3)4/h6-9H,10H2,1-5H3. The van der Waals surface area contributed by atoms with E-state index in [0.717, 1.165) is 0 Å². The summed E-state index contributed by atoms with van der Waals surface area (Å²) in [4.78, 5) is 2.19. The second-order valence-corrected chi connectivity index (χ2v) is 7.65. The molecule has 1 aromatic rings. The van der Waals surface area contributed by atoms with E-state index >= 15 is 0 Å². The molecule has 0 N–H and O–H groups in total. The molecule has 4 nitrogen and oxygen atoms in total. The van der Waals surface area contributed by atoms with Crippen LogP contribution in [0.5, 0.6) is 0 Å². The molecular weight excluding hydrogens is 284 g/mol. The van der Waals surface area contributed by atoms with Gasteiger partial charge >= 0.3 is 0 Å². The zero-order valence-electron chi connectivity index (χ0n) is 12.0. The van der Waals surface area contributed by atoms with E-state index in [4.69, 9.17) is 11.6 Å². The molecule has 0 radical (unpaired) electrons. The van der Waals surface area contributed by atoms with Crippen LogP contribution in [0.25, 0.3) is 0 Å². The number of anilines is 1. The van der Waals surface area contributed by atoms with Crippen molar-refractivity contribution >= 4 is 27.3 Å². The number of sulfonamides is 1. The topological polar surface area (TPSA) is 40.6 Å². The first kappa shape index (κ1) is 16.3. The maximum absolute atomic E-state index is 12.3. The number of alkyl halides is 1. The summed E-state index contributed by atoms with van der Waals surface area (Å²) < 4.78 is 25.9. The Morgan fingerprint density at radius 3 is 2.16 bits per heavy atom. The van der Waals surface area contributed by atoms with Crippen molar-refractivity contribution in [1.82, 2.24) is 4.31 Å². The summed E-state index contributed by atoms with van der Waals surface area (Å²) in [7, 11) is 1.43. The zero-order chi connectivity index (χ0) is 14.8. The molecule has 0 spiro atoms. The van der Waals surface area contributed by atoms with E-state index < -0.39 is 10.0 Å². The van der Waals surface area contributed by atoms with Crippen molar-refractivity contribution < 1.29 is 8.42 Å².